The van der Waals surface area contributed by atoms with Gasteiger partial charge in [-0.05, 0) is 99.9 Å². The summed E-state index contributed by atoms with van der Waals surface area (Å²) in [5.41, 5.74) is 4.94. The molecule has 1 unspecified atom stereocenters. The molecule has 0 saturated heterocycles. The van der Waals surface area contributed by atoms with E-state index in [4.69, 9.17) is 4.74 Å². The molecule has 0 radical (unpaired) electrons. The number of amides is 1. The van der Waals surface area contributed by atoms with Crippen molar-refractivity contribution in [1.82, 2.24) is 20.2 Å². The van der Waals surface area contributed by atoms with Gasteiger partial charge in [0, 0.05) is 61.6 Å². The summed E-state index contributed by atoms with van der Waals surface area (Å²) in [4.78, 5) is 25.8. The Morgan fingerprint density at radius 2 is 1.98 bits per heavy atom. The second-order valence-corrected chi connectivity index (χ2v) is 10.7. The number of pyridine rings is 1. The number of carbonyl (C=O) groups is 1. The van der Waals surface area contributed by atoms with Crippen molar-refractivity contribution >= 4 is 23.5 Å². The van der Waals surface area contributed by atoms with E-state index in [2.05, 4.69) is 65.1 Å². The molecule has 0 saturated carbocycles. The second kappa shape index (κ2) is 18.3. The molecule has 2 aromatic heterocycles. The zero-order chi connectivity index (χ0) is 29.3. The van der Waals surface area contributed by atoms with E-state index in [0.29, 0.717) is 25.9 Å². The third-order valence-electron chi connectivity index (χ3n) is 7.37. The van der Waals surface area contributed by atoms with Gasteiger partial charge in [0.1, 0.15) is 12.0 Å². The maximum Gasteiger partial charge on any atom is 0.222 e. The minimum atomic E-state index is -0.778. The van der Waals surface area contributed by atoms with E-state index >= 15 is 0 Å². The fraction of sp³-hybridized carbons (Fsp3) is 0.545. The van der Waals surface area contributed by atoms with Crippen LogP contribution in [0.4, 0.5) is 0 Å². The van der Waals surface area contributed by atoms with Gasteiger partial charge in [0.15, 0.2) is 0 Å². The molecule has 3 N–H and O–H groups in total. The average Bonchev–Trinajstić information content (AvgIpc) is 3.47. The summed E-state index contributed by atoms with van der Waals surface area (Å²) in [6, 6.07) is 8.64. The monoisotopic (exact) mass is 563 g/mol. The third-order valence-corrected chi connectivity index (χ3v) is 7.37. The summed E-state index contributed by atoms with van der Waals surface area (Å²) in [6.07, 6.45) is 13.6. The topological polar surface area (TPSA) is 103 Å². The minimum Gasteiger partial charge on any atom is -0.494 e. The van der Waals surface area contributed by atoms with E-state index in [9.17, 15) is 9.90 Å². The molecule has 2 heterocycles. The Bertz CT molecular complexity index is 1190. The van der Waals surface area contributed by atoms with Crippen LogP contribution in [-0.2, 0) is 24.2 Å². The van der Waals surface area contributed by atoms with E-state index in [0.717, 1.165) is 82.4 Å². The maximum atomic E-state index is 12.6. The van der Waals surface area contributed by atoms with E-state index in [1.54, 1.807) is 0 Å². The predicted molar refractivity (Wildman–Crippen MR) is 168 cm³/mol. The van der Waals surface area contributed by atoms with Crippen molar-refractivity contribution < 1.29 is 14.6 Å². The Kier molecular flexibility index (Phi) is 14.4. The molecule has 3 rings (SSSR count). The molecule has 0 aliphatic carbocycles. The van der Waals surface area contributed by atoms with E-state index in [1.165, 1.54) is 22.1 Å². The molecule has 0 fully saturated rings. The van der Waals surface area contributed by atoms with Crippen LogP contribution < -0.4 is 10.1 Å². The number of ether oxygens (including phenoxy) is 1. The molecule has 8 nitrogen and oxygen atoms in total. The Morgan fingerprint density at radius 1 is 1.12 bits per heavy atom. The molecule has 0 bridgehead atoms. The molecule has 224 valence electrons. The van der Waals surface area contributed by atoms with Crippen molar-refractivity contribution in [2.24, 2.45) is 4.99 Å². The number of nitrogens with one attached hydrogen (secondary N) is 2. The summed E-state index contributed by atoms with van der Waals surface area (Å²) in [5.74, 6) is 1.04. The van der Waals surface area contributed by atoms with Crippen molar-refractivity contribution in [2.75, 3.05) is 26.2 Å². The van der Waals surface area contributed by atoms with Gasteiger partial charge in [-0.25, -0.2) is 0 Å². The number of carbonyl (C=O) groups excluding carboxylic acids is 1. The number of aromatic nitrogens is 2. The highest BCUT2D eigenvalue weighted by Crippen LogP contribution is 2.26. The number of aliphatic imine (C=N–C) groups is 1. The van der Waals surface area contributed by atoms with E-state index < -0.39 is 6.23 Å². The summed E-state index contributed by atoms with van der Waals surface area (Å²) < 4.78 is 6.16. The summed E-state index contributed by atoms with van der Waals surface area (Å²) >= 11 is 0. The lowest BCUT2D eigenvalue weighted by atomic mass is 10.0. The standard InChI is InChI=1S/C33H49N5O3/c1-4-17-38(33(40)13-10-12-32(39)34-3)18-8-9-19-41-29-21-28(30-14-16-37-31(30)22-29)11-6-7-15-35-24-27-20-26(5-2)23-36-25-27/h14,16,20-23,25,32,35,37,39H,3-13,15,17-19,24H2,1-2H3. The van der Waals surface area contributed by atoms with Gasteiger partial charge in [-0.15, -0.1) is 0 Å². The normalized spacial score (nSPS) is 12.0. The Labute approximate surface area is 245 Å². The molecule has 1 aromatic carbocycles. The summed E-state index contributed by atoms with van der Waals surface area (Å²) in [6.45, 7) is 11.5. The van der Waals surface area contributed by atoms with Gasteiger partial charge < -0.3 is 25.0 Å². The number of aliphatic hydroxyl groups excluding tert-OH is 1. The van der Waals surface area contributed by atoms with Gasteiger partial charge in [0.2, 0.25) is 5.91 Å². The number of benzene rings is 1. The lowest BCUT2D eigenvalue weighted by Crippen LogP contribution is -2.32. The first-order chi connectivity index (χ1) is 20.0. The van der Waals surface area contributed by atoms with Gasteiger partial charge in [-0.1, -0.05) is 19.9 Å². The summed E-state index contributed by atoms with van der Waals surface area (Å²) in [5, 5.41) is 14.3. The SMILES string of the molecule is C=NC(O)CCCC(=O)N(CCC)CCCCOc1cc(CCCCNCc2cncc(CC)c2)c2cc[nH]c2c1. The van der Waals surface area contributed by atoms with Crippen LogP contribution in [0.15, 0.2) is 47.8 Å². The molecule has 0 aliphatic rings. The predicted octanol–water partition coefficient (Wildman–Crippen LogP) is 5.82. The Hall–Kier alpha value is -3.23. The molecule has 0 spiro atoms. The number of fused-ring (bicyclic) bond motifs is 1. The third kappa shape index (κ3) is 11.3. The van der Waals surface area contributed by atoms with Crippen LogP contribution in [-0.4, -0.2) is 65.1 Å². The number of unbranched alkanes of at least 4 members (excludes halogenated alkanes) is 2. The number of hydrogen-bond donors (Lipinski definition) is 3. The van der Waals surface area contributed by atoms with Crippen LogP contribution in [0, 0.1) is 0 Å². The molecule has 1 atom stereocenters. The molecule has 1 amide bonds. The smallest absolute Gasteiger partial charge is 0.222 e. The fourth-order valence-corrected chi connectivity index (χ4v) is 5.05. The number of aryl methyl sites for hydroxylation is 2. The Balaban J connectivity index is 1.39. The summed E-state index contributed by atoms with van der Waals surface area (Å²) in [7, 11) is 0. The highest BCUT2D eigenvalue weighted by molar-refractivity contribution is 5.84. The van der Waals surface area contributed by atoms with Crippen LogP contribution >= 0.6 is 0 Å². The van der Waals surface area contributed by atoms with Crippen LogP contribution in [0.1, 0.15) is 81.9 Å². The van der Waals surface area contributed by atoms with Crippen LogP contribution in [0.2, 0.25) is 0 Å². The minimum absolute atomic E-state index is 0.142. The number of nitrogens with zero attached hydrogens (tertiary/aromatic N) is 3. The highest BCUT2D eigenvalue weighted by Gasteiger charge is 2.13. The lowest BCUT2D eigenvalue weighted by Gasteiger charge is -2.22. The first-order valence-corrected chi connectivity index (χ1v) is 15.3. The zero-order valence-corrected chi connectivity index (χ0v) is 25.0. The Morgan fingerprint density at radius 3 is 2.78 bits per heavy atom. The quantitative estimate of drug-likeness (QED) is 0.112. The first-order valence-electron chi connectivity index (χ1n) is 15.3. The van der Waals surface area contributed by atoms with Gasteiger partial charge in [-0.2, -0.15) is 0 Å². The van der Waals surface area contributed by atoms with Crippen molar-refractivity contribution in [3.8, 4) is 5.75 Å². The molecule has 8 heteroatoms. The van der Waals surface area contributed by atoms with Crippen LogP contribution in [0.3, 0.4) is 0 Å². The van der Waals surface area contributed by atoms with Crippen molar-refractivity contribution in [3.63, 3.8) is 0 Å². The first kappa shape index (κ1) is 32.3. The van der Waals surface area contributed by atoms with E-state index in [-0.39, 0.29) is 5.91 Å². The molecule has 3 aromatic rings. The van der Waals surface area contributed by atoms with Crippen LogP contribution in [0.25, 0.3) is 10.9 Å². The zero-order valence-electron chi connectivity index (χ0n) is 25.0. The maximum absolute atomic E-state index is 12.6. The number of hydrogen-bond acceptors (Lipinski definition) is 6. The van der Waals surface area contributed by atoms with Gasteiger partial charge in [0.05, 0.1) is 6.61 Å². The van der Waals surface area contributed by atoms with Crippen molar-refractivity contribution in [2.45, 2.75) is 90.8 Å². The highest BCUT2D eigenvalue weighted by atomic mass is 16.5. The molecule has 0 aliphatic heterocycles. The molecule has 41 heavy (non-hydrogen) atoms. The van der Waals surface area contributed by atoms with Gasteiger partial charge in [0.25, 0.3) is 0 Å². The number of aliphatic hydroxyl groups is 1. The number of aromatic amines is 1. The van der Waals surface area contributed by atoms with Crippen molar-refractivity contribution in [3.05, 3.63) is 59.5 Å². The number of H-pyrrole nitrogens is 1. The second-order valence-electron chi connectivity index (χ2n) is 10.7. The van der Waals surface area contributed by atoms with Crippen molar-refractivity contribution in [1.29, 1.82) is 0 Å². The molecular weight excluding hydrogens is 514 g/mol. The molecular formula is C33H49N5O3. The van der Waals surface area contributed by atoms with E-state index in [1.807, 2.05) is 23.5 Å². The largest absolute Gasteiger partial charge is 0.494 e. The number of rotatable bonds is 21. The average molecular weight is 564 g/mol. The van der Waals surface area contributed by atoms with Gasteiger partial charge in [-0.3, -0.25) is 14.8 Å². The fourth-order valence-electron chi connectivity index (χ4n) is 5.05. The lowest BCUT2D eigenvalue weighted by molar-refractivity contribution is -0.131. The van der Waals surface area contributed by atoms with Crippen LogP contribution in [0.5, 0.6) is 5.75 Å². The van der Waals surface area contributed by atoms with Gasteiger partial charge >= 0.3 is 0 Å².